The van der Waals surface area contributed by atoms with Gasteiger partial charge in [-0.05, 0) is 23.8 Å². The molecule has 4 aromatic rings. The van der Waals surface area contributed by atoms with Crippen LogP contribution >= 0.6 is 0 Å². The average Bonchev–Trinajstić information content (AvgIpc) is 3.03. The zero-order valence-electron chi connectivity index (χ0n) is 14.2. The van der Waals surface area contributed by atoms with E-state index in [-0.39, 0.29) is 5.88 Å². The lowest BCUT2D eigenvalue weighted by Crippen LogP contribution is -2.03. The zero-order chi connectivity index (χ0) is 17.9. The molecule has 0 bridgehead atoms. The second-order valence-electron chi connectivity index (χ2n) is 6.09. The monoisotopic (exact) mass is 341 g/mol. The highest BCUT2D eigenvalue weighted by molar-refractivity contribution is 6.21. The number of aromatic amines is 1. The van der Waals surface area contributed by atoms with Gasteiger partial charge in [-0.3, -0.25) is 0 Å². The molecule has 0 atom stereocenters. The normalized spacial score (nSPS) is 11.8. The van der Waals surface area contributed by atoms with Crippen molar-refractivity contribution >= 4 is 22.3 Å². The molecule has 0 unspecified atom stereocenters. The molecule has 4 nitrogen and oxygen atoms in total. The van der Waals surface area contributed by atoms with Gasteiger partial charge in [-0.2, -0.15) is 0 Å². The fraction of sp³-hybridized carbons (Fsp3) is 0.0455. The number of nitrogens with one attached hydrogen (secondary N) is 1. The number of fused-ring (bicyclic) bond motifs is 1. The Balaban J connectivity index is 1.93. The van der Waals surface area contributed by atoms with Crippen LogP contribution in [0.1, 0.15) is 16.7 Å². The Morgan fingerprint density at radius 3 is 2.31 bits per heavy atom. The smallest absolute Gasteiger partial charge is 0.199 e. The van der Waals surface area contributed by atoms with Crippen LogP contribution in [0, 0.1) is 0 Å². The molecule has 4 rings (SSSR count). The van der Waals surface area contributed by atoms with E-state index in [4.69, 9.17) is 10.7 Å². The maximum Gasteiger partial charge on any atom is 0.199 e. The van der Waals surface area contributed by atoms with E-state index < -0.39 is 0 Å². The number of nitrogens with two attached hydrogens (primary N) is 1. The molecule has 0 aliphatic heterocycles. The van der Waals surface area contributed by atoms with E-state index in [9.17, 15) is 5.11 Å². The molecule has 1 heterocycles. The Morgan fingerprint density at radius 2 is 1.58 bits per heavy atom. The number of H-pyrrole nitrogens is 1. The number of para-hydroxylation sites is 1. The second kappa shape index (κ2) is 6.86. The van der Waals surface area contributed by atoms with Crippen LogP contribution in [0.4, 0.5) is 5.69 Å². The maximum absolute atomic E-state index is 10.6. The SMILES string of the molecule is NCc1ccc(N=C(c2ccccc2)c2c(O)[nH]c3ccccc23)cc1. The summed E-state index contributed by atoms with van der Waals surface area (Å²) in [7, 11) is 0. The Morgan fingerprint density at radius 1 is 0.885 bits per heavy atom. The van der Waals surface area contributed by atoms with Crippen molar-refractivity contribution in [1.82, 2.24) is 4.98 Å². The van der Waals surface area contributed by atoms with Gasteiger partial charge in [0.2, 0.25) is 0 Å². The maximum atomic E-state index is 10.6. The third-order valence-corrected chi connectivity index (χ3v) is 4.38. The van der Waals surface area contributed by atoms with Crippen molar-refractivity contribution < 1.29 is 5.11 Å². The summed E-state index contributed by atoms with van der Waals surface area (Å²) in [5, 5.41) is 11.5. The molecule has 1 aromatic heterocycles. The molecule has 26 heavy (non-hydrogen) atoms. The van der Waals surface area contributed by atoms with Crippen LogP contribution in [0.25, 0.3) is 10.9 Å². The molecule has 0 saturated carbocycles. The minimum absolute atomic E-state index is 0.118. The number of nitrogens with zero attached hydrogens (tertiary/aromatic N) is 1. The predicted octanol–water partition coefficient (Wildman–Crippen LogP) is 4.50. The van der Waals surface area contributed by atoms with Crippen molar-refractivity contribution in [2.45, 2.75) is 6.54 Å². The van der Waals surface area contributed by atoms with Crippen LogP contribution in [0.15, 0.2) is 83.9 Å². The summed E-state index contributed by atoms with van der Waals surface area (Å²) in [6, 6.07) is 25.5. The molecule has 0 saturated heterocycles. The van der Waals surface area contributed by atoms with E-state index in [0.717, 1.165) is 33.4 Å². The van der Waals surface area contributed by atoms with Crippen molar-refractivity contribution in [2.75, 3.05) is 0 Å². The van der Waals surface area contributed by atoms with E-state index in [2.05, 4.69) is 4.98 Å². The molecule has 3 aromatic carbocycles. The molecule has 0 fully saturated rings. The molecule has 4 heteroatoms. The van der Waals surface area contributed by atoms with E-state index in [0.29, 0.717) is 12.1 Å². The summed E-state index contributed by atoms with van der Waals surface area (Å²) < 4.78 is 0. The van der Waals surface area contributed by atoms with Crippen molar-refractivity contribution in [3.05, 3.63) is 95.6 Å². The molecule has 0 aliphatic carbocycles. The molecule has 0 radical (unpaired) electrons. The van der Waals surface area contributed by atoms with Gasteiger partial charge in [-0.25, -0.2) is 4.99 Å². The highest BCUT2D eigenvalue weighted by Gasteiger charge is 2.18. The van der Waals surface area contributed by atoms with Gasteiger partial charge in [-0.1, -0.05) is 60.7 Å². The van der Waals surface area contributed by atoms with Crippen molar-refractivity contribution in [1.29, 1.82) is 0 Å². The lowest BCUT2D eigenvalue weighted by atomic mass is 10.0. The topological polar surface area (TPSA) is 74.4 Å². The van der Waals surface area contributed by atoms with Crippen molar-refractivity contribution in [3.63, 3.8) is 0 Å². The number of benzene rings is 3. The Hall–Kier alpha value is -3.37. The van der Waals surface area contributed by atoms with Gasteiger partial charge >= 0.3 is 0 Å². The van der Waals surface area contributed by atoms with Crippen LogP contribution in [0.3, 0.4) is 0 Å². The minimum atomic E-state index is 0.118. The summed E-state index contributed by atoms with van der Waals surface area (Å²) in [6.07, 6.45) is 0. The van der Waals surface area contributed by atoms with E-state index >= 15 is 0 Å². The van der Waals surface area contributed by atoms with Crippen LogP contribution in [0.2, 0.25) is 0 Å². The number of aliphatic imine (C=N–C) groups is 1. The van der Waals surface area contributed by atoms with E-state index in [1.165, 1.54) is 0 Å². The summed E-state index contributed by atoms with van der Waals surface area (Å²) in [5.41, 5.74) is 10.8. The van der Waals surface area contributed by atoms with Gasteiger partial charge < -0.3 is 15.8 Å². The van der Waals surface area contributed by atoms with Gasteiger partial charge in [0.15, 0.2) is 5.88 Å². The molecule has 128 valence electrons. The standard InChI is InChI=1S/C22H19N3O/c23-14-15-10-12-17(13-11-15)24-21(16-6-2-1-3-7-16)20-18-8-4-5-9-19(18)25-22(20)26/h1-13,25-26H,14,23H2. The fourth-order valence-corrected chi connectivity index (χ4v) is 3.06. The number of aromatic hydroxyl groups is 1. The summed E-state index contributed by atoms with van der Waals surface area (Å²) in [5.74, 6) is 0.118. The van der Waals surface area contributed by atoms with Gasteiger partial charge in [-0.15, -0.1) is 0 Å². The Bertz CT molecular complexity index is 1060. The van der Waals surface area contributed by atoms with Gasteiger partial charge in [0.25, 0.3) is 0 Å². The third-order valence-electron chi connectivity index (χ3n) is 4.38. The van der Waals surface area contributed by atoms with E-state index in [1.54, 1.807) is 0 Å². The third kappa shape index (κ3) is 2.98. The van der Waals surface area contributed by atoms with Crippen molar-refractivity contribution in [3.8, 4) is 5.88 Å². The number of rotatable bonds is 4. The van der Waals surface area contributed by atoms with Crippen LogP contribution in [-0.2, 0) is 6.54 Å². The fourth-order valence-electron chi connectivity index (χ4n) is 3.06. The predicted molar refractivity (Wildman–Crippen MR) is 106 cm³/mol. The number of hydrogen-bond acceptors (Lipinski definition) is 3. The summed E-state index contributed by atoms with van der Waals surface area (Å²) in [4.78, 5) is 7.89. The largest absolute Gasteiger partial charge is 0.494 e. The number of hydrogen-bond donors (Lipinski definition) is 3. The van der Waals surface area contributed by atoms with Gasteiger partial charge in [0, 0.05) is 23.0 Å². The molecule has 4 N–H and O–H groups in total. The first kappa shape index (κ1) is 16.1. The molecule has 0 aliphatic rings. The first-order valence-corrected chi connectivity index (χ1v) is 8.49. The summed E-state index contributed by atoms with van der Waals surface area (Å²) in [6.45, 7) is 0.499. The Labute approximate surface area is 151 Å². The van der Waals surface area contributed by atoms with Crippen molar-refractivity contribution in [2.24, 2.45) is 10.7 Å². The number of aromatic nitrogens is 1. The highest BCUT2D eigenvalue weighted by Crippen LogP contribution is 2.31. The quantitative estimate of drug-likeness (QED) is 0.478. The van der Waals surface area contributed by atoms with E-state index in [1.807, 2.05) is 78.9 Å². The zero-order valence-corrected chi connectivity index (χ0v) is 14.2. The molecular weight excluding hydrogens is 322 g/mol. The second-order valence-corrected chi connectivity index (χ2v) is 6.09. The lowest BCUT2D eigenvalue weighted by molar-refractivity contribution is 0.457. The Kier molecular flexibility index (Phi) is 4.25. The average molecular weight is 341 g/mol. The minimum Gasteiger partial charge on any atom is -0.494 e. The molecular formula is C22H19N3O. The first-order chi connectivity index (χ1) is 12.8. The van der Waals surface area contributed by atoms with Crippen LogP contribution in [0.5, 0.6) is 5.88 Å². The lowest BCUT2D eigenvalue weighted by Gasteiger charge is -2.08. The first-order valence-electron chi connectivity index (χ1n) is 8.49. The summed E-state index contributed by atoms with van der Waals surface area (Å²) >= 11 is 0. The van der Waals surface area contributed by atoms with Crippen LogP contribution < -0.4 is 5.73 Å². The molecule has 0 amide bonds. The van der Waals surface area contributed by atoms with Crippen LogP contribution in [-0.4, -0.2) is 15.8 Å². The highest BCUT2D eigenvalue weighted by atomic mass is 16.3. The van der Waals surface area contributed by atoms with Gasteiger partial charge in [0.05, 0.1) is 17.0 Å². The molecule has 0 spiro atoms. The van der Waals surface area contributed by atoms with Gasteiger partial charge in [0.1, 0.15) is 0 Å².